The van der Waals surface area contributed by atoms with Gasteiger partial charge in [-0.25, -0.2) is 0 Å². The molecule has 1 aromatic rings. The highest BCUT2D eigenvalue weighted by Crippen LogP contribution is 2.21. The van der Waals surface area contributed by atoms with E-state index in [1.165, 1.54) is 128 Å². The largest absolute Gasteiger partial charge is 0.378 e. The van der Waals surface area contributed by atoms with Crippen LogP contribution in [0.2, 0.25) is 0 Å². The molecule has 1 rings (SSSR count). The first-order valence-electron chi connectivity index (χ1n) is 15.5. The van der Waals surface area contributed by atoms with Crippen molar-refractivity contribution in [1.29, 1.82) is 0 Å². The molecule has 0 aliphatic carbocycles. The smallest absolute Gasteiger partial charge is 0.0575 e. The minimum atomic E-state index is 0.490. The van der Waals surface area contributed by atoms with Crippen molar-refractivity contribution >= 4 is 11.3 Å². The zero-order valence-electron chi connectivity index (χ0n) is 24.1. The number of unbranched alkanes of at least 4 members (excludes halogenated alkanes) is 8. The van der Waals surface area contributed by atoms with E-state index in [2.05, 4.69) is 38.5 Å². The Balaban J connectivity index is 2.18. The van der Waals surface area contributed by atoms with Gasteiger partial charge in [-0.3, -0.25) is 0 Å². The van der Waals surface area contributed by atoms with Gasteiger partial charge in [0.15, 0.2) is 0 Å². The van der Waals surface area contributed by atoms with Crippen molar-refractivity contribution in [1.82, 2.24) is 0 Å². The summed E-state index contributed by atoms with van der Waals surface area (Å²) in [5.74, 6) is 0. The summed E-state index contributed by atoms with van der Waals surface area (Å²) in [4.78, 5) is 0. The normalized spacial score (nSPS) is 13.4. The van der Waals surface area contributed by atoms with E-state index in [0.29, 0.717) is 12.2 Å². The Morgan fingerprint density at radius 1 is 0.514 bits per heavy atom. The van der Waals surface area contributed by atoms with Crippen LogP contribution in [-0.2, 0) is 22.3 Å². The Morgan fingerprint density at radius 3 is 1.37 bits per heavy atom. The predicted molar refractivity (Wildman–Crippen MR) is 157 cm³/mol. The maximum Gasteiger partial charge on any atom is 0.0575 e. The molecule has 0 bridgehead atoms. The van der Waals surface area contributed by atoms with Gasteiger partial charge in [0, 0.05) is 13.2 Å². The first-order valence-corrected chi connectivity index (χ1v) is 16.5. The van der Waals surface area contributed by atoms with Crippen LogP contribution in [0.25, 0.3) is 0 Å². The predicted octanol–water partition coefficient (Wildman–Crippen LogP) is 10.7. The molecule has 0 saturated carbocycles. The molecule has 1 aromatic heterocycles. The first-order chi connectivity index (χ1) is 17.2. The summed E-state index contributed by atoms with van der Waals surface area (Å²) in [7, 11) is 0. The minimum absolute atomic E-state index is 0.490. The number of aryl methyl sites for hydroxylation is 2. The Hall–Kier alpha value is -0.380. The summed E-state index contributed by atoms with van der Waals surface area (Å²) in [6.07, 6.45) is 26.5. The van der Waals surface area contributed by atoms with Crippen molar-refractivity contribution in [2.75, 3.05) is 13.2 Å². The van der Waals surface area contributed by atoms with E-state index in [1.54, 1.807) is 11.1 Å². The van der Waals surface area contributed by atoms with Crippen LogP contribution in [0.4, 0.5) is 0 Å². The fraction of sp³-hybridized carbons (Fsp3) is 0.875. The van der Waals surface area contributed by atoms with Crippen molar-refractivity contribution in [2.24, 2.45) is 0 Å². The molecule has 0 spiro atoms. The van der Waals surface area contributed by atoms with E-state index in [4.69, 9.17) is 9.47 Å². The summed E-state index contributed by atoms with van der Waals surface area (Å²) in [5.41, 5.74) is 3.17. The Labute approximate surface area is 224 Å². The van der Waals surface area contributed by atoms with Crippen LogP contribution in [0, 0.1) is 0 Å². The van der Waals surface area contributed by atoms with Crippen molar-refractivity contribution in [3.8, 4) is 0 Å². The lowest BCUT2D eigenvalue weighted by atomic mass is 10.0. The van der Waals surface area contributed by atoms with E-state index in [1.807, 2.05) is 11.3 Å². The van der Waals surface area contributed by atoms with Crippen molar-refractivity contribution in [3.63, 3.8) is 0 Å². The highest BCUT2D eigenvalue weighted by Gasteiger charge is 2.10. The molecule has 3 heteroatoms. The molecule has 2 unspecified atom stereocenters. The zero-order chi connectivity index (χ0) is 25.4. The molecule has 0 radical (unpaired) electrons. The maximum atomic E-state index is 6.27. The molecule has 206 valence electrons. The first kappa shape index (κ1) is 32.6. The van der Waals surface area contributed by atoms with Gasteiger partial charge in [0.1, 0.15) is 0 Å². The van der Waals surface area contributed by atoms with E-state index in [0.717, 1.165) is 13.2 Å². The van der Waals surface area contributed by atoms with Gasteiger partial charge < -0.3 is 9.47 Å². The molecule has 35 heavy (non-hydrogen) atoms. The molecule has 0 aliphatic heterocycles. The number of thiophene rings is 1. The quantitative estimate of drug-likeness (QED) is 0.116. The van der Waals surface area contributed by atoms with Gasteiger partial charge in [0.25, 0.3) is 0 Å². The highest BCUT2D eigenvalue weighted by atomic mass is 32.1. The molecule has 0 fully saturated rings. The summed E-state index contributed by atoms with van der Waals surface area (Å²) in [6.45, 7) is 11.0. The Bertz CT molecular complexity index is 509. The van der Waals surface area contributed by atoms with Crippen LogP contribution in [0.15, 0.2) is 10.8 Å². The fourth-order valence-corrected chi connectivity index (χ4v) is 5.92. The molecule has 0 aliphatic rings. The van der Waals surface area contributed by atoms with Crippen LogP contribution in [0.1, 0.15) is 154 Å². The van der Waals surface area contributed by atoms with Crippen LogP contribution in [-0.4, -0.2) is 25.4 Å². The minimum Gasteiger partial charge on any atom is -0.378 e. The second-order valence-corrected chi connectivity index (χ2v) is 11.3. The monoisotopic (exact) mass is 508 g/mol. The number of rotatable bonds is 26. The molecule has 2 atom stereocenters. The highest BCUT2D eigenvalue weighted by molar-refractivity contribution is 7.08. The van der Waals surface area contributed by atoms with Gasteiger partial charge in [-0.05, 0) is 86.1 Å². The molecule has 1 heterocycles. The SMILES string of the molecule is CCCCCCC(CCC)OCCCCc1cscc1CCCCOC(CCC)CCCCCC. The average molecular weight is 509 g/mol. The van der Waals surface area contributed by atoms with Crippen LogP contribution in [0.3, 0.4) is 0 Å². The molecule has 2 nitrogen and oxygen atoms in total. The van der Waals surface area contributed by atoms with Gasteiger partial charge in [0.2, 0.25) is 0 Å². The third-order valence-electron chi connectivity index (χ3n) is 7.20. The standard InChI is InChI=1S/C32H60O2S/c1-5-9-11-13-23-31(19-7-3)33-25-17-15-21-29-27-35-28-30(29)22-16-18-26-34-32(20-8-4)24-14-12-10-6-2/h27-28,31-32H,5-26H2,1-4H3. The van der Waals surface area contributed by atoms with Gasteiger partial charge >= 0.3 is 0 Å². The maximum absolute atomic E-state index is 6.27. The van der Waals surface area contributed by atoms with Crippen molar-refractivity contribution < 1.29 is 9.47 Å². The van der Waals surface area contributed by atoms with E-state index >= 15 is 0 Å². The van der Waals surface area contributed by atoms with Crippen molar-refractivity contribution in [3.05, 3.63) is 21.9 Å². The Kier molecular flexibility index (Phi) is 22.4. The van der Waals surface area contributed by atoms with Crippen LogP contribution in [0.5, 0.6) is 0 Å². The lowest BCUT2D eigenvalue weighted by Gasteiger charge is -2.17. The molecule has 0 aromatic carbocycles. The fourth-order valence-electron chi connectivity index (χ4n) is 4.99. The van der Waals surface area contributed by atoms with Gasteiger partial charge in [0.05, 0.1) is 12.2 Å². The molecular weight excluding hydrogens is 448 g/mol. The van der Waals surface area contributed by atoms with E-state index in [-0.39, 0.29) is 0 Å². The summed E-state index contributed by atoms with van der Waals surface area (Å²) < 4.78 is 12.5. The summed E-state index contributed by atoms with van der Waals surface area (Å²) in [6, 6.07) is 0. The van der Waals surface area contributed by atoms with E-state index < -0.39 is 0 Å². The number of ether oxygens (including phenoxy) is 2. The molecule has 0 N–H and O–H groups in total. The topological polar surface area (TPSA) is 18.5 Å². The third kappa shape index (κ3) is 17.7. The lowest BCUT2D eigenvalue weighted by molar-refractivity contribution is 0.0370. The van der Waals surface area contributed by atoms with Gasteiger partial charge in [-0.15, -0.1) is 0 Å². The molecular formula is C32H60O2S. The van der Waals surface area contributed by atoms with Crippen LogP contribution < -0.4 is 0 Å². The molecule has 0 saturated heterocycles. The number of hydrogen-bond acceptors (Lipinski definition) is 3. The zero-order valence-corrected chi connectivity index (χ0v) is 24.9. The van der Waals surface area contributed by atoms with Crippen LogP contribution >= 0.6 is 11.3 Å². The third-order valence-corrected chi connectivity index (χ3v) is 8.04. The lowest BCUT2D eigenvalue weighted by Crippen LogP contribution is -2.14. The second kappa shape index (κ2) is 24.0. The number of hydrogen-bond donors (Lipinski definition) is 0. The Morgan fingerprint density at radius 2 is 0.971 bits per heavy atom. The molecule has 0 amide bonds. The van der Waals surface area contributed by atoms with Gasteiger partial charge in [-0.1, -0.05) is 91.9 Å². The van der Waals surface area contributed by atoms with Crippen molar-refractivity contribution in [2.45, 2.75) is 168 Å². The average Bonchev–Trinajstić information content (AvgIpc) is 3.31. The summed E-state index contributed by atoms with van der Waals surface area (Å²) in [5, 5.41) is 4.77. The van der Waals surface area contributed by atoms with Gasteiger partial charge in [-0.2, -0.15) is 11.3 Å². The van der Waals surface area contributed by atoms with E-state index in [9.17, 15) is 0 Å². The summed E-state index contributed by atoms with van der Waals surface area (Å²) >= 11 is 1.88. The second-order valence-electron chi connectivity index (χ2n) is 10.6.